The van der Waals surface area contributed by atoms with Crippen LogP contribution < -0.4 is 10.1 Å². The molecule has 1 N–H and O–H groups in total. The van der Waals surface area contributed by atoms with Crippen molar-refractivity contribution in [1.82, 2.24) is 10.3 Å². The van der Waals surface area contributed by atoms with Crippen molar-refractivity contribution in [1.29, 1.82) is 0 Å². The first-order valence-corrected chi connectivity index (χ1v) is 6.62. The Kier molecular flexibility index (Phi) is 4.64. The van der Waals surface area contributed by atoms with Gasteiger partial charge >= 0.3 is 0 Å². The van der Waals surface area contributed by atoms with Crippen LogP contribution >= 0.6 is 23.2 Å². The molecule has 1 atom stereocenters. The quantitative estimate of drug-likeness (QED) is 0.904. The summed E-state index contributed by atoms with van der Waals surface area (Å²) in [5, 5.41) is 4.20. The first-order valence-electron chi connectivity index (χ1n) is 5.86. The number of ether oxygens (including phenoxy) is 1. The molecule has 0 spiro atoms. The molecule has 2 rings (SSSR count). The third-order valence-corrected chi connectivity index (χ3v) is 3.33. The second kappa shape index (κ2) is 6.24. The molecule has 1 unspecified atom stereocenters. The van der Waals surface area contributed by atoms with Crippen LogP contribution in [0.15, 0.2) is 36.5 Å². The number of halogens is 2. The molecule has 0 bridgehead atoms. The third kappa shape index (κ3) is 3.60. The largest absolute Gasteiger partial charge is 0.437 e. The van der Waals surface area contributed by atoms with Crippen LogP contribution in [0.3, 0.4) is 0 Å². The van der Waals surface area contributed by atoms with Crippen LogP contribution in [-0.4, -0.2) is 12.0 Å². The number of nitrogens with one attached hydrogen (secondary N) is 1. The van der Waals surface area contributed by atoms with E-state index < -0.39 is 0 Å². The Hall–Kier alpha value is -1.29. The highest BCUT2D eigenvalue weighted by Crippen LogP contribution is 2.31. The van der Waals surface area contributed by atoms with Gasteiger partial charge < -0.3 is 10.1 Å². The maximum atomic E-state index is 6.06. The molecule has 2 aromatic rings. The molecule has 0 aliphatic heterocycles. The average molecular weight is 297 g/mol. The molecule has 0 radical (unpaired) electrons. The van der Waals surface area contributed by atoms with Crippen molar-refractivity contribution >= 4 is 23.2 Å². The predicted octanol–water partition coefficient (Wildman–Crippen LogP) is 4.46. The van der Waals surface area contributed by atoms with E-state index in [4.69, 9.17) is 27.9 Å². The van der Waals surface area contributed by atoms with E-state index in [1.165, 1.54) is 0 Å². The number of benzene rings is 1. The molecule has 0 aliphatic carbocycles. The Morgan fingerprint density at radius 1 is 1.21 bits per heavy atom. The lowest BCUT2D eigenvalue weighted by Crippen LogP contribution is -2.12. The van der Waals surface area contributed by atoms with Crippen molar-refractivity contribution in [3.05, 3.63) is 52.1 Å². The summed E-state index contributed by atoms with van der Waals surface area (Å²) in [6.07, 6.45) is 1.71. The Morgan fingerprint density at radius 3 is 2.68 bits per heavy atom. The summed E-state index contributed by atoms with van der Waals surface area (Å²) >= 11 is 11.9. The zero-order valence-corrected chi connectivity index (χ0v) is 12.2. The molecule has 0 fully saturated rings. The molecule has 1 heterocycles. The zero-order chi connectivity index (χ0) is 13.8. The maximum Gasteiger partial charge on any atom is 0.219 e. The SMILES string of the molecule is CNC(C)c1ccnc(Oc2ccc(Cl)cc2Cl)c1. The number of pyridine rings is 1. The van der Waals surface area contributed by atoms with Crippen molar-refractivity contribution in [2.75, 3.05) is 7.05 Å². The Bertz CT molecular complexity index is 575. The predicted molar refractivity (Wildman–Crippen MR) is 78.2 cm³/mol. The topological polar surface area (TPSA) is 34.2 Å². The van der Waals surface area contributed by atoms with Gasteiger partial charge in [0.1, 0.15) is 5.75 Å². The summed E-state index contributed by atoms with van der Waals surface area (Å²) in [7, 11) is 1.90. The first kappa shape index (κ1) is 14.1. The van der Waals surface area contributed by atoms with Gasteiger partial charge in [0.05, 0.1) is 5.02 Å². The fourth-order valence-electron chi connectivity index (χ4n) is 1.59. The molecule has 100 valence electrons. The summed E-state index contributed by atoms with van der Waals surface area (Å²) in [5.74, 6) is 1.04. The van der Waals surface area contributed by atoms with Crippen molar-refractivity contribution in [2.45, 2.75) is 13.0 Å². The van der Waals surface area contributed by atoms with E-state index in [1.807, 2.05) is 19.2 Å². The van der Waals surface area contributed by atoms with E-state index in [-0.39, 0.29) is 6.04 Å². The highest BCUT2D eigenvalue weighted by Gasteiger charge is 2.08. The minimum Gasteiger partial charge on any atom is -0.437 e. The number of nitrogens with zero attached hydrogens (tertiary/aromatic N) is 1. The Balaban J connectivity index is 2.23. The zero-order valence-electron chi connectivity index (χ0n) is 10.7. The van der Waals surface area contributed by atoms with Crippen molar-refractivity contribution in [2.24, 2.45) is 0 Å². The maximum absolute atomic E-state index is 6.06. The number of hydrogen-bond acceptors (Lipinski definition) is 3. The molecular weight excluding hydrogens is 283 g/mol. The van der Waals surface area contributed by atoms with E-state index >= 15 is 0 Å². The fourth-order valence-corrected chi connectivity index (χ4v) is 2.03. The average Bonchev–Trinajstić information content (AvgIpc) is 2.41. The van der Waals surface area contributed by atoms with E-state index in [0.29, 0.717) is 21.7 Å². The van der Waals surface area contributed by atoms with E-state index in [1.54, 1.807) is 24.4 Å². The number of rotatable bonds is 4. The van der Waals surface area contributed by atoms with Crippen LogP contribution in [0.25, 0.3) is 0 Å². The normalized spacial score (nSPS) is 12.2. The second-order valence-corrected chi connectivity index (χ2v) is 4.96. The van der Waals surface area contributed by atoms with Gasteiger partial charge in [0.25, 0.3) is 0 Å². The molecule has 5 heteroatoms. The Labute approximate surface area is 122 Å². The minimum atomic E-state index is 0.228. The van der Waals surface area contributed by atoms with Crippen LogP contribution in [0.1, 0.15) is 18.5 Å². The summed E-state index contributed by atoms with van der Waals surface area (Å²) in [6.45, 7) is 2.06. The van der Waals surface area contributed by atoms with Gasteiger partial charge in [-0.15, -0.1) is 0 Å². The van der Waals surface area contributed by atoms with Crippen LogP contribution in [0.4, 0.5) is 0 Å². The van der Waals surface area contributed by atoms with Gasteiger partial charge in [-0.2, -0.15) is 0 Å². The van der Waals surface area contributed by atoms with Crippen LogP contribution in [-0.2, 0) is 0 Å². The first-order chi connectivity index (χ1) is 9.10. The van der Waals surface area contributed by atoms with Crippen LogP contribution in [0.5, 0.6) is 11.6 Å². The Morgan fingerprint density at radius 2 is 2.00 bits per heavy atom. The highest BCUT2D eigenvalue weighted by atomic mass is 35.5. The molecule has 19 heavy (non-hydrogen) atoms. The fraction of sp³-hybridized carbons (Fsp3) is 0.214. The summed E-state index contributed by atoms with van der Waals surface area (Å²) in [5.41, 5.74) is 1.09. The van der Waals surface area contributed by atoms with Crippen molar-refractivity contribution in [3.8, 4) is 11.6 Å². The van der Waals surface area contributed by atoms with E-state index in [0.717, 1.165) is 5.56 Å². The number of hydrogen-bond donors (Lipinski definition) is 1. The summed E-state index contributed by atoms with van der Waals surface area (Å²) in [4.78, 5) is 4.17. The lowest BCUT2D eigenvalue weighted by Gasteiger charge is -2.12. The lowest BCUT2D eigenvalue weighted by atomic mass is 10.1. The van der Waals surface area contributed by atoms with Gasteiger partial charge in [-0.3, -0.25) is 0 Å². The molecule has 3 nitrogen and oxygen atoms in total. The third-order valence-electron chi connectivity index (χ3n) is 2.80. The van der Waals surface area contributed by atoms with Gasteiger partial charge in [-0.05, 0) is 43.8 Å². The second-order valence-electron chi connectivity index (χ2n) is 4.11. The monoisotopic (exact) mass is 296 g/mol. The van der Waals surface area contributed by atoms with Gasteiger partial charge in [0.2, 0.25) is 5.88 Å². The molecule has 0 saturated heterocycles. The molecule has 0 aliphatic rings. The van der Waals surface area contributed by atoms with Crippen LogP contribution in [0, 0.1) is 0 Å². The van der Waals surface area contributed by atoms with Gasteiger partial charge in [0.15, 0.2) is 0 Å². The van der Waals surface area contributed by atoms with Crippen molar-refractivity contribution in [3.63, 3.8) is 0 Å². The lowest BCUT2D eigenvalue weighted by molar-refractivity contribution is 0.461. The summed E-state index contributed by atoms with van der Waals surface area (Å²) in [6, 6.07) is 9.14. The minimum absolute atomic E-state index is 0.228. The van der Waals surface area contributed by atoms with E-state index in [2.05, 4.69) is 17.2 Å². The molecule has 1 aromatic heterocycles. The van der Waals surface area contributed by atoms with Gasteiger partial charge in [0, 0.05) is 23.3 Å². The highest BCUT2D eigenvalue weighted by molar-refractivity contribution is 6.35. The van der Waals surface area contributed by atoms with E-state index in [9.17, 15) is 0 Å². The van der Waals surface area contributed by atoms with Crippen LogP contribution in [0.2, 0.25) is 10.0 Å². The standard InChI is InChI=1S/C14H14Cl2N2O/c1-9(17-2)10-5-6-18-14(7-10)19-13-4-3-11(15)8-12(13)16/h3-9,17H,1-2H3. The van der Waals surface area contributed by atoms with Gasteiger partial charge in [-0.25, -0.2) is 4.98 Å². The van der Waals surface area contributed by atoms with Crippen molar-refractivity contribution < 1.29 is 4.74 Å². The molecular formula is C14H14Cl2N2O. The molecule has 1 aromatic carbocycles. The molecule has 0 saturated carbocycles. The molecule has 0 amide bonds. The van der Waals surface area contributed by atoms with Gasteiger partial charge in [-0.1, -0.05) is 23.2 Å². The number of aromatic nitrogens is 1. The smallest absolute Gasteiger partial charge is 0.219 e. The summed E-state index contributed by atoms with van der Waals surface area (Å²) < 4.78 is 5.67.